The van der Waals surface area contributed by atoms with Crippen LogP contribution in [0.15, 0.2) is 12.7 Å². The maximum Gasteiger partial charge on any atom is 0.168 e. The van der Waals surface area contributed by atoms with E-state index in [4.69, 9.17) is 4.74 Å². The van der Waals surface area contributed by atoms with Crippen LogP contribution in [0.4, 0.5) is 0 Å². The standard InChI is InChI=1S/C18H32N6O/c1-4-7-22-8-10-23(11-9-22)17(13-15(2)3)18-19-20-21-24(18)14-16-6-5-12-25-16/h4,15-17H,1,5-14H2,2-3H3/t16-,17-/m1/s1. The Morgan fingerprint density at radius 1 is 1.28 bits per heavy atom. The van der Waals surface area contributed by atoms with Gasteiger partial charge in [0.25, 0.3) is 0 Å². The number of nitrogens with zero attached hydrogens (tertiary/aromatic N) is 6. The zero-order valence-corrected chi connectivity index (χ0v) is 15.7. The second kappa shape index (κ2) is 8.87. The van der Waals surface area contributed by atoms with Gasteiger partial charge >= 0.3 is 0 Å². The van der Waals surface area contributed by atoms with Gasteiger partial charge in [0.1, 0.15) is 0 Å². The van der Waals surface area contributed by atoms with Gasteiger partial charge in [-0.3, -0.25) is 9.80 Å². The average Bonchev–Trinajstić information content (AvgIpc) is 3.26. The average molecular weight is 348 g/mol. The first-order valence-corrected chi connectivity index (χ1v) is 9.62. The predicted molar refractivity (Wildman–Crippen MR) is 97.2 cm³/mol. The lowest BCUT2D eigenvalue weighted by molar-refractivity contribution is 0.0756. The normalized spacial score (nSPS) is 24.0. The van der Waals surface area contributed by atoms with Gasteiger partial charge in [0.15, 0.2) is 5.82 Å². The Labute approximate surface area is 151 Å². The zero-order valence-electron chi connectivity index (χ0n) is 15.7. The molecule has 0 aromatic carbocycles. The van der Waals surface area contributed by atoms with Crippen LogP contribution in [0, 0.1) is 5.92 Å². The van der Waals surface area contributed by atoms with Crippen molar-refractivity contribution in [1.29, 1.82) is 0 Å². The number of ether oxygens (including phenoxy) is 1. The molecule has 0 unspecified atom stereocenters. The predicted octanol–water partition coefficient (Wildman–Crippen LogP) is 1.74. The minimum absolute atomic E-state index is 0.256. The fourth-order valence-corrected chi connectivity index (χ4v) is 3.87. The van der Waals surface area contributed by atoms with E-state index < -0.39 is 0 Å². The van der Waals surface area contributed by atoms with Crippen LogP contribution in [0.1, 0.15) is 45.0 Å². The van der Waals surface area contributed by atoms with E-state index in [9.17, 15) is 0 Å². The molecule has 2 aliphatic rings. The Morgan fingerprint density at radius 2 is 2.08 bits per heavy atom. The van der Waals surface area contributed by atoms with Gasteiger partial charge in [-0.15, -0.1) is 11.7 Å². The summed E-state index contributed by atoms with van der Waals surface area (Å²) in [6.07, 6.45) is 5.57. The Kier molecular flexibility index (Phi) is 6.56. The molecule has 2 fully saturated rings. The molecule has 3 rings (SSSR count). The van der Waals surface area contributed by atoms with E-state index in [1.807, 2.05) is 10.8 Å². The molecule has 7 nitrogen and oxygen atoms in total. The monoisotopic (exact) mass is 348 g/mol. The molecule has 0 bridgehead atoms. The molecule has 0 spiro atoms. The van der Waals surface area contributed by atoms with E-state index in [1.165, 1.54) is 0 Å². The summed E-state index contributed by atoms with van der Waals surface area (Å²) in [7, 11) is 0. The van der Waals surface area contributed by atoms with Gasteiger partial charge in [-0.25, -0.2) is 4.68 Å². The van der Waals surface area contributed by atoms with Crippen molar-refractivity contribution in [2.45, 2.75) is 51.8 Å². The minimum Gasteiger partial charge on any atom is -0.376 e. The van der Waals surface area contributed by atoms with E-state index in [2.05, 4.69) is 45.8 Å². The lowest BCUT2D eigenvalue weighted by Crippen LogP contribution is -2.48. The summed E-state index contributed by atoms with van der Waals surface area (Å²) < 4.78 is 7.77. The van der Waals surface area contributed by atoms with Crippen molar-refractivity contribution in [1.82, 2.24) is 30.0 Å². The quantitative estimate of drug-likeness (QED) is 0.667. The van der Waals surface area contributed by atoms with Crippen LogP contribution < -0.4 is 0 Å². The smallest absolute Gasteiger partial charge is 0.168 e. The Hall–Kier alpha value is -1.31. The van der Waals surface area contributed by atoms with Crippen LogP contribution >= 0.6 is 0 Å². The summed E-state index contributed by atoms with van der Waals surface area (Å²) >= 11 is 0. The number of tetrazole rings is 1. The van der Waals surface area contributed by atoms with Gasteiger partial charge in [0.05, 0.1) is 18.7 Å². The third-order valence-corrected chi connectivity index (χ3v) is 5.19. The summed E-state index contributed by atoms with van der Waals surface area (Å²) in [6, 6.07) is 0.280. The Morgan fingerprint density at radius 3 is 2.72 bits per heavy atom. The van der Waals surface area contributed by atoms with E-state index in [1.54, 1.807) is 0 Å². The van der Waals surface area contributed by atoms with Crippen molar-refractivity contribution in [2.75, 3.05) is 39.3 Å². The van der Waals surface area contributed by atoms with Crippen LogP contribution in [0.2, 0.25) is 0 Å². The first-order valence-electron chi connectivity index (χ1n) is 9.62. The van der Waals surface area contributed by atoms with E-state index in [0.29, 0.717) is 5.92 Å². The van der Waals surface area contributed by atoms with E-state index >= 15 is 0 Å². The highest BCUT2D eigenvalue weighted by Crippen LogP contribution is 2.28. The molecular weight excluding hydrogens is 316 g/mol. The van der Waals surface area contributed by atoms with E-state index in [-0.39, 0.29) is 12.1 Å². The molecule has 0 radical (unpaired) electrons. The van der Waals surface area contributed by atoms with Crippen molar-refractivity contribution in [3.8, 4) is 0 Å². The first kappa shape index (κ1) is 18.5. The molecular formula is C18H32N6O. The third-order valence-electron chi connectivity index (χ3n) is 5.19. The summed E-state index contributed by atoms with van der Waals surface area (Å²) in [4.78, 5) is 5.00. The van der Waals surface area contributed by atoms with Gasteiger partial charge in [-0.05, 0) is 35.6 Å². The lowest BCUT2D eigenvalue weighted by Gasteiger charge is -2.39. The van der Waals surface area contributed by atoms with Gasteiger partial charge in [0.2, 0.25) is 0 Å². The maximum absolute atomic E-state index is 5.78. The highest BCUT2D eigenvalue weighted by Gasteiger charge is 2.30. The largest absolute Gasteiger partial charge is 0.376 e. The molecule has 7 heteroatoms. The number of piperazine rings is 1. The molecule has 140 valence electrons. The molecule has 2 aliphatic heterocycles. The summed E-state index contributed by atoms with van der Waals surface area (Å²) in [6.45, 7) is 15.3. The fraction of sp³-hybridized carbons (Fsp3) is 0.833. The number of rotatable bonds is 8. The molecule has 0 amide bonds. The highest BCUT2D eigenvalue weighted by molar-refractivity contribution is 4.96. The molecule has 3 heterocycles. The highest BCUT2D eigenvalue weighted by atomic mass is 16.5. The molecule has 25 heavy (non-hydrogen) atoms. The van der Waals surface area contributed by atoms with Crippen molar-refractivity contribution < 1.29 is 4.74 Å². The first-order chi connectivity index (χ1) is 12.2. The maximum atomic E-state index is 5.78. The number of hydrogen-bond acceptors (Lipinski definition) is 6. The second-order valence-electron chi connectivity index (χ2n) is 7.62. The number of hydrogen-bond donors (Lipinski definition) is 0. The topological polar surface area (TPSA) is 59.3 Å². The van der Waals surface area contributed by atoms with Crippen LogP contribution in [0.5, 0.6) is 0 Å². The molecule has 0 aliphatic carbocycles. The third kappa shape index (κ3) is 4.86. The molecule has 0 saturated carbocycles. The molecule has 2 atom stereocenters. The Balaban J connectivity index is 1.70. The Bertz CT molecular complexity index is 531. The van der Waals surface area contributed by atoms with Gasteiger partial charge in [-0.1, -0.05) is 19.9 Å². The molecule has 0 N–H and O–H groups in total. The van der Waals surface area contributed by atoms with Crippen molar-refractivity contribution in [3.05, 3.63) is 18.5 Å². The van der Waals surface area contributed by atoms with Crippen molar-refractivity contribution in [2.24, 2.45) is 5.92 Å². The van der Waals surface area contributed by atoms with Gasteiger partial charge < -0.3 is 4.74 Å². The van der Waals surface area contributed by atoms with Gasteiger partial charge in [-0.2, -0.15) is 0 Å². The minimum atomic E-state index is 0.256. The number of aromatic nitrogens is 4. The molecule has 1 aromatic rings. The van der Waals surface area contributed by atoms with Crippen molar-refractivity contribution in [3.63, 3.8) is 0 Å². The van der Waals surface area contributed by atoms with E-state index in [0.717, 1.165) is 71.0 Å². The van der Waals surface area contributed by atoms with Crippen LogP contribution in [0.25, 0.3) is 0 Å². The molecule has 1 aromatic heterocycles. The van der Waals surface area contributed by atoms with Crippen molar-refractivity contribution >= 4 is 0 Å². The molecule has 2 saturated heterocycles. The lowest BCUT2D eigenvalue weighted by atomic mass is 10.0. The fourth-order valence-electron chi connectivity index (χ4n) is 3.87. The van der Waals surface area contributed by atoms with Gasteiger partial charge in [0, 0.05) is 39.3 Å². The zero-order chi connectivity index (χ0) is 17.6. The van der Waals surface area contributed by atoms with Crippen LogP contribution in [0.3, 0.4) is 0 Å². The van der Waals surface area contributed by atoms with Crippen LogP contribution in [-0.4, -0.2) is 75.4 Å². The summed E-state index contributed by atoms with van der Waals surface area (Å²) in [5.74, 6) is 1.60. The SMILES string of the molecule is C=CCN1CCN([C@H](CC(C)C)c2nnnn2C[C@H]2CCCO2)CC1. The summed E-state index contributed by atoms with van der Waals surface area (Å²) in [5, 5.41) is 12.7. The second-order valence-corrected chi connectivity index (χ2v) is 7.62. The van der Waals surface area contributed by atoms with Crippen LogP contribution in [-0.2, 0) is 11.3 Å². The summed E-state index contributed by atoms with van der Waals surface area (Å²) in [5.41, 5.74) is 0.